The van der Waals surface area contributed by atoms with Crippen molar-refractivity contribution in [2.75, 3.05) is 7.11 Å². The molecule has 0 radical (unpaired) electrons. The predicted molar refractivity (Wildman–Crippen MR) is 62.8 cm³/mol. The smallest absolute Gasteiger partial charge is 0.315 e. The highest BCUT2D eigenvalue weighted by atomic mass is 16.5. The minimum Gasteiger partial charge on any atom is -0.496 e. The molecule has 0 heterocycles. The first-order chi connectivity index (χ1) is 8.43. The summed E-state index contributed by atoms with van der Waals surface area (Å²) >= 11 is 0. The summed E-state index contributed by atoms with van der Waals surface area (Å²) in [5.41, 5.74) is 0.0513. The first kappa shape index (κ1) is 12.4. The zero-order valence-electron chi connectivity index (χ0n) is 10.1. The molecule has 2 rings (SSSR count). The Morgan fingerprint density at radius 3 is 2.44 bits per heavy atom. The van der Waals surface area contributed by atoms with Gasteiger partial charge in [-0.05, 0) is 30.5 Å². The Morgan fingerprint density at radius 2 is 2.06 bits per heavy atom. The van der Waals surface area contributed by atoms with Gasteiger partial charge in [0.1, 0.15) is 11.2 Å². The van der Waals surface area contributed by atoms with E-state index in [1.165, 1.54) is 7.11 Å². The third-order valence-electron chi connectivity index (χ3n) is 3.55. The molecule has 0 saturated heterocycles. The fraction of sp³-hybridized carbons (Fsp3) is 0.385. The van der Waals surface area contributed by atoms with Gasteiger partial charge >= 0.3 is 11.9 Å². The Balaban J connectivity index is 2.44. The summed E-state index contributed by atoms with van der Waals surface area (Å²) < 4.78 is 5.10. The van der Waals surface area contributed by atoms with Crippen LogP contribution in [0.1, 0.15) is 17.5 Å². The molecule has 18 heavy (non-hydrogen) atoms. The van der Waals surface area contributed by atoms with Crippen molar-refractivity contribution in [2.45, 2.75) is 18.8 Å². The first-order valence-electron chi connectivity index (χ1n) is 5.55. The van der Waals surface area contributed by atoms with E-state index in [9.17, 15) is 14.7 Å². The summed E-state index contributed by atoms with van der Waals surface area (Å²) in [5, 5.41) is 18.3. The molecule has 0 aromatic heterocycles. The van der Waals surface area contributed by atoms with E-state index in [4.69, 9.17) is 9.84 Å². The van der Waals surface area contributed by atoms with E-state index < -0.39 is 23.3 Å². The van der Waals surface area contributed by atoms with Crippen molar-refractivity contribution >= 4 is 11.9 Å². The van der Waals surface area contributed by atoms with Crippen molar-refractivity contribution in [3.8, 4) is 5.75 Å². The van der Waals surface area contributed by atoms with Gasteiger partial charge in [-0.2, -0.15) is 0 Å². The van der Waals surface area contributed by atoms with Gasteiger partial charge in [-0.15, -0.1) is 0 Å². The minimum atomic E-state index is -1.27. The maximum absolute atomic E-state index is 11.4. The number of aliphatic carboxylic acids is 2. The number of benzene rings is 1. The molecule has 1 aliphatic carbocycles. The van der Waals surface area contributed by atoms with Gasteiger partial charge in [0.05, 0.1) is 13.0 Å². The van der Waals surface area contributed by atoms with Crippen molar-refractivity contribution in [2.24, 2.45) is 5.92 Å². The summed E-state index contributed by atoms with van der Waals surface area (Å²) in [7, 11) is 1.53. The highest BCUT2D eigenvalue weighted by Gasteiger charge is 2.65. The molecule has 1 aliphatic rings. The number of aryl methyl sites for hydroxylation is 1. The van der Waals surface area contributed by atoms with Gasteiger partial charge < -0.3 is 14.9 Å². The lowest BCUT2D eigenvalue weighted by atomic mass is 9.92. The summed E-state index contributed by atoms with van der Waals surface area (Å²) in [6.45, 7) is 1.80. The molecule has 2 N–H and O–H groups in total. The molecule has 0 aliphatic heterocycles. The van der Waals surface area contributed by atoms with E-state index in [0.29, 0.717) is 11.3 Å². The van der Waals surface area contributed by atoms with Crippen LogP contribution < -0.4 is 4.74 Å². The van der Waals surface area contributed by atoms with E-state index in [0.717, 1.165) is 5.56 Å². The standard InChI is InChI=1S/C13H14O5/c1-7-5-8(3-4-10(7)18-2)13(12(16)17)6-9(13)11(14)15/h3-5,9H,6H2,1-2H3,(H,14,15)(H,16,17). The number of hydrogen-bond acceptors (Lipinski definition) is 3. The van der Waals surface area contributed by atoms with Gasteiger partial charge in [0.25, 0.3) is 0 Å². The van der Waals surface area contributed by atoms with Crippen molar-refractivity contribution < 1.29 is 24.5 Å². The van der Waals surface area contributed by atoms with Crippen LogP contribution in [0.25, 0.3) is 0 Å². The Bertz CT molecular complexity index is 522. The third-order valence-corrected chi connectivity index (χ3v) is 3.55. The summed E-state index contributed by atoms with van der Waals surface area (Å²) in [4.78, 5) is 22.3. The van der Waals surface area contributed by atoms with Crippen LogP contribution >= 0.6 is 0 Å². The number of carbonyl (C=O) groups is 2. The van der Waals surface area contributed by atoms with Crippen LogP contribution in [0.15, 0.2) is 18.2 Å². The van der Waals surface area contributed by atoms with Gasteiger partial charge in [0.2, 0.25) is 0 Å². The van der Waals surface area contributed by atoms with E-state index in [1.54, 1.807) is 25.1 Å². The Morgan fingerprint density at radius 1 is 1.39 bits per heavy atom. The van der Waals surface area contributed by atoms with Crippen LogP contribution in [0.5, 0.6) is 5.75 Å². The van der Waals surface area contributed by atoms with Crippen LogP contribution in [0.3, 0.4) is 0 Å². The van der Waals surface area contributed by atoms with Crippen molar-refractivity contribution in [1.29, 1.82) is 0 Å². The van der Waals surface area contributed by atoms with Crippen LogP contribution in [0, 0.1) is 12.8 Å². The lowest BCUT2D eigenvalue weighted by Gasteiger charge is -2.14. The fourth-order valence-electron chi connectivity index (χ4n) is 2.40. The lowest BCUT2D eigenvalue weighted by Crippen LogP contribution is -2.25. The molecule has 5 heteroatoms. The second-order valence-electron chi connectivity index (χ2n) is 4.56. The molecular weight excluding hydrogens is 236 g/mol. The Hall–Kier alpha value is -2.04. The molecule has 5 nitrogen and oxygen atoms in total. The number of hydrogen-bond donors (Lipinski definition) is 2. The molecule has 2 atom stereocenters. The average Bonchev–Trinajstić information content (AvgIpc) is 3.05. The largest absolute Gasteiger partial charge is 0.496 e. The zero-order valence-corrected chi connectivity index (χ0v) is 10.1. The van der Waals surface area contributed by atoms with Gasteiger partial charge in [-0.1, -0.05) is 12.1 Å². The second-order valence-corrected chi connectivity index (χ2v) is 4.56. The lowest BCUT2D eigenvalue weighted by molar-refractivity contribution is -0.145. The number of methoxy groups -OCH3 is 1. The van der Waals surface area contributed by atoms with Gasteiger partial charge in [0.15, 0.2) is 0 Å². The topological polar surface area (TPSA) is 83.8 Å². The highest BCUT2D eigenvalue weighted by molar-refractivity contribution is 5.94. The number of carboxylic acids is 2. The van der Waals surface area contributed by atoms with Crippen LogP contribution in [0.4, 0.5) is 0 Å². The quantitative estimate of drug-likeness (QED) is 0.844. The van der Waals surface area contributed by atoms with E-state index >= 15 is 0 Å². The molecule has 0 amide bonds. The molecule has 1 fully saturated rings. The number of ether oxygens (including phenoxy) is 1. The number of carboxylic acid groups (broad SMARTS) is 2. The zero-order chi connectivity index (χ0) is 13.5. The molecule has 0 spiro atoms. The molecule has 96 valence electrons. The van der Waals surface area contributed by atoms with Gasteiger partial charge in [-0.25, -0.2) is 0 Å². The summed E-state index contributed by atoms with van der Waals surface area (Å²) in [6, 6.07) is 4.99. The first-order valence-corrected chi connectivity index (χ1v) is 5.55. The van der Waals surface area contributed by atoms with Crippen LogP contribution in [-0.4, -0.2) is 29.3 Å². The normalized spacial score (nSPS) is 25.6. The SMILES string of the molecule is COc1ccc(C2(C(=O)O)CC2C(=O)O)cc1C. The summed E-state index contributed by atoms with van der Waals surface area (Å²) in [5.74, 6) is -2.33. The number of rotatable bonds is 4. The average molecular weight is 250 g/mol. The van der Waals surface area contributed by atoms with Crippen LogP contribution in [-0.2, 0) is 15.0 Å². The highest BCUT2D eigenvalue weighted by Crippen LogP contribution is 2.55. The van der Waals surface area contributed by atoms with E-state index in [2.05, 4.69) is 0 Å². The molecule has 1 aromatic rings. The Kier molecular flexibility index (Phi) is 2.77. The summed E-state index contributed by atoms with van der Waals surface area (Å²) in [6.07, 6.45) is 0.142. The van der Waals surface area contributed by atoms with Crippen molar-refractivity contribution in [3.63, 3.8) is 0 Å². The third kappa shape index (κ3) is 1.63. The molecule has 2 unspecified atom stereocenters. The maximum Gasteiger partial charge on any atom is 0.315 e. The van der Waals surface area contributed by atoms with Crippen molar-refractivity contribution in [1.82, 2.24) is 0 Å². The minimum absolute atomic E-state index is 0.142. The molecule has 1 aromatic carbocycles. The van der Waals surface area contributed by atoms with Gasteiger partial charge in [-0.3, -0.25) is 9.59 Å². The van der Waals surface area contributed by atoms with Crippen molar-refractivity contribution in [3.05, 3.63) is 29.3 Å². The molecular formula is C13H14O5. The predicted octanol–water partition coefficient (Wildman–Crippen LogP) is 1.43. The maximum atomic E-state index is 11.4. The van der Waals surface area contributed by atoms with Crippen LogP contribution in [0.2, 0.25) is 0 Å². The second kappa shape index (κ2) is 4.01. The molecule has 1 saturated carbocycles. The Labute approximate surface area is 104 Å². The fourth-order valence-corrected chi connectivity index (χ4v) is 2.40. The molecule has 0 bridgehead atoms. The monoisotopic (exact) mass is 250 g/mol. The van der Waals surface area contributed by atoms with E-state index in [1.807, 2.05) is 0 Å². The van der Waals surface area contributed by atoms with Gasteiger partial charge in [0, 0.05) is 0 Å². The van der Waals surface area contributed by atoms with E-state index in [-0.39, 0.29) is 6.42 Å².